The third kappa shape index (κ3) is 5.91. The highest BCUT2D eigenvalue weighted by atomic mass is 79.9. The smallest absolute Gasteiger partial charge is 0.307 e. The first-order valence-electron chi connectivity index (χ1n) is 10.3. The van der Waals surface area contributed by atoms with Crippen molar-refractivity contribution >= 4 is 62.2 Å². The van der Waals surface area contributed by atoms with Crippen molar-refractivity contribution < 1.29 is 18.7 Å². The van der Waals surface area contributed by atoms with Crippen LogP contribution in [0, 0.1) is 0 Å². The van der Waals surface area contributed by atoms with Gasteiger partial charge in [-0.05, 0) is 66.6 Å². The number of nitrogens with one attached hydrogen (secondary N) is 1. The number of carbonyl (C=O) groups excluding carboxylic acids is 1. The number of hydrazone groups is 1. The number of hydrogen-bond acceptors (Lipinski definition) is 5. The maximum Gasteiger partial charge on any atom is 0.307 e. The van der Waals surface area contributed by atoms with Crippen LogP contribution in [0.5, 0.6) is 11.5 Å². The molecular weight excluding hydrogens is 543 g/mol. The van der Waals surface area contributed by atoms with Crippen molar-refractivity contribution in [1.29, 1.82) is 0 Å². The average Bonchev–Trinajstić information content (AvgIpc) is 3.23. The molecule has 9 heteroatoms. The van der Waals surface area contributed by atoms with E-state index in [1.165, 1.54) is 6.21 Å². The van der Waals surface area contributed by atoms with Crippen LogP contribution in [0.1, 0.15) is 28.6 Å². The van der Waals surface area contributed by atoms with Gasteiger partial charge in [0.2, 0.25) is 0 Å². The van der Waals surface area contributed by atoms with Gasteiger partial charge in [0.05, 0.1) is 17.8 Å². The quantitative estimate of drug-likeness (QED) is 0.182. The van der Waals surface area contributed by atoms with Gasteiger partial charge in [0.15, 0.2) is 17.3 Å². The third-order valence-electron chi connectivity index (χ3n) is 4.71. The normalized spacial score (nSPS) is 11.2. The topological polar surface area (TPSA) is 73.1 Å². The maximum absolute atomic E-state index is 12.4. The van der Waals surface area contributed by atoms with E-state index in [0.717, 1.165) is 15.4 Å². The van der Waals surface area contributed by atoms with E-state index < -0.39 is 5.91 Å². The van der Waals surface area contributed by atoms with Gasteiger partial charge in [0, 0.05) is 14.9 Å². The Labute approximate surface area is 214 Å². The van der Waals surface area contributed by atoms with Crippen LogP contribution in [0.2, 0.25) is 10.0 Å². The molecule has 4 aromatic rings. The molecule has 0 radical (unpaired) electrons. The number of nitrogens with zero attached hydrogens (tertiary/aromatic N) is 1. The first-order valence-corrected chi connectivity index (χ1v) is 11.8. The highest BCUT2D eigenvalue weighted by Gasteiger charge is 2.14. The van der Waals surface area contributed by atoms with E-state index in [0.29, 0.717) is 45.9 Å². The van der Waals surface area contributed by atoms with Crippen LogP contribution in [0.15, 0.2) is 74.7 Å². The summed E-state index contributed by atoms with van der Waals surface area (Å²) >= 11 is 15.8. The Balaban J connectivity index is 1.46. The monoisotopic (exact) mass is 560 g/mol. The summed E-state index contributed by atoms with van der Waals surface area (Å²) in [6.45, 7) is 2.59. The number of fused-ring (bicyclic) bond motifs is 1. The summed E-state index contributed by atoms with van der Waals surface area (Å²) in [5, 5.41) is 5.84. The molecule has 0 aliphatic heterocycles. The highest BCUT2D eigenvalue weighted by molar-refractivity contribution is 9.10. The minimum atomic E-state index is -0.470. The van der Waals surface area contributed by atoms with Crippen molar-refractivity contribution in [2.24, 2.45) is 5.10 Å². The lowest BCUT2D eigenvalue weighted by atomic mass is 10.2. The second kappa shape index (κ2) is 11.0. The number of carbonyl (C=O) groups is 1. The molecule has 1 aromatic heterocycles. The molecule has 0 bridgehead atoms. The molecule has 0 saturated heterocycles. The highest BCUT2D eigenvalue weighted by Crippen LogP contribution is 2.37. The first kappa shape index (κ1) is 24.1. The summed E-state index contributed by atoms with van der Waals surface area (Å²) in [5.41, 5.74) is 4.63. The van der Waals surface area contributed by atoms with Gasteiger partial charge < -0.3 is 13.9 Å². The maximum atomic E-state index is 12.4. The molecule has 174 valence electrons. The molecule has 1 N–H and O–H groups in total. The van der Waals surface area contributed by atoms with Gasteiger partial charge in [-0.25, -0.2) is 5.43 Å². The number of benzene rings is 3. The lowest BCUT2D eigenvalue weighted by Gasteiger charge is -2.14. The van der Waals surface area contributed by atoms with Gasteiger partial charge >= 0.3 is 5.91 Å². The van der Waals surface area contributed by atoms with Crippen LogP contribution in [-0.4, -0.2) is 18.7 Å². The summed E-state index contributed by atoms with van der Waals surface area (Å²) in [5.74, 6) is 0.583. The Kier molecular flexibility index (Phi) is 7.77. The van der Waals surface area contributed by atoms with E-state index in [-0.39, 0.29) is 5.76 Å². The zero-order valence-electron chi connectivity index (χ0n) is 18.0. The Morgan fingerprint density at radius 3 is 2.65 bits per heavy atom. The van der Waals surface area contributed by atoms with Crippen LogP contribution >= 0.6 is 39.1 Å². The van der Waals surface area contributed by atoms with Crippen molar-refractivity contribution in [3.63, 3.8) is 0 Å². The molecule has 34 heavy (non-hydrogen) atoms. The SMILES string of the molecule is CCOc1cc(/C=N/NC(=O)c2cc3cc(Br)ccc3o2)cc(Cl)c1OCc1ccc(Cl)cc1. The Bertz CT molecular complexity index is 1350. The molecule has 0 unspecified atom stereocenters. The van der Waals surface area contributed by atoms with Crippen LogP contribution < -0.4 is 14.9 Å². The fourth-order valence-electron chi connectivity index (χ4n) is 3.15. The van der Waals surface area contributed by atoms with Crippen LogP contribution in [0.3, 0.4) is 0 Å². The minimum absolute atomic E-state index is 0.157. The Morgan fingerprint density at radius 2 is 1.88 bits per heavy atom. The van der Waals surface area contributed by atoms with Crippen LogP contribution in [-0.2, 0) is 6.61 Å². The van der Waals surface area contributed by atoms with Gasteiger partial charge in [-0.3, -0.25) is 4.79 Å². The summed E-state index contributed by atoms with van der Waals surface area (Å²) in [6.07, 6.45) is 1.47. The standard InChI is InChI=1S/C25H19BrCl2N2O4/c1-2-32-22-10-16(9-20(28)24(22)33-14-15-3-6-19(27)7-4-15)13-29-30-25(31)23-12-17-11-18(26)5-8-21(17)34-23/h3-13H,2,14H2,1H3,(H,30,31)/b29-13+. The number of hydrogen-bond donors (Lipinski definition) is 1. The van der Waals surface area contributed by atoms with Gasteiger partial charge in [-0.1, -0.05) is 51.3 Å². The van der Waals surface area contributed by atoms with Gasteiger partial charge in [0.1, 0.15) is 12.2 Å². The molecule has 0 aliphatic carbocycles. The van der Waals surface area contributed by atoms with Gasteiger partial charge in [0.25, 0.3) is 0 Å². The molecule has 1 amide bonds. The Morgan fingerprint density at radius 1 is 1.09 bits per heavy atom. The molecule has 0 aliphatic rings. The molecule has 1 heterocycles. The second-order valence-electron chi connectivity index (χ2n) is 7.17. The largest absolute Gasteiger partial charge is 0.490 e. The molecule has 3 aromatic carbocycles. The van der Waals surface area contributed by atoms with E-state index in [1.54, 1.807) is 36.4 Å². The summed E-state index contributed by atoms with van der Waals surface area (Å²) in [6, 6.07) is 17.9. The zero-order chi connectivity index (χ0) is 24.1. The summed E-state index contributed by atoms with van der Waals surface area (Å²) in [4.78, 5) is 12.4. The molecule has 0 atom stereocenters. The first-order chi connectivity index (χ1) is 16.4. The van der Waals surface area contributed by atoms with E-state index in [4.69, 9.17) is 37.1 Å². The minimum Gasteiger partial charge on any atom is -0.490 e. The second-order valence-corrected chi connectivity index (χ2v) is 8.93. The number of halogens is 3. The van der Waals surface area contributed by atoms with Gasteiger partial charge in [-0.15, -0.1) is 0 Å². The summed E-state index contributed by atoms with van der Waals surface area (Å²) in [7, 11) is 0. The molecular formula is C25H19BrCl2N2O4. The molecule has 0 spiro atoms. The predicted molar refractivity (Wildman–Crippen MR) is 137 cm³/mol. The summed E-state index contributed by atoms with van der Waals surface area (Å²) < 4.78 is 18.1. The molecule has 6 nitrogen and oxygen atoms in total. The van der Waals surface area contributed by atoms with E-state index in [1.807, 2.05) is 31.2 Å². The van der Waals surface area contributed by atoms with E-state index >= 15 is 0 Å². The van der Waals surface area contributed by atoms with Crippen molar-refractivity contribution in [2.75, 3.05) is 6.61 Å². The van der Waals surface area contributed by atoms with Crippen molar-refractivity contribution in [1.82, 2.24) is 5.43 Å². The zero-order valence-corrected chi connectivity index (χ0v) is 21.1. The van der Waals surface area contributed by atoms with Crippen molar-refractivity contribution in [2.45, 2.75) is 13.5 Å². The third-order valence-corrected chi connectivity index (χ3v) is 5.74. The molecule has 4 rings (SSSR count). The number of amides is 1. The van der Waals surface area contributed by atoms with Crippen molar-refractivity contribution in [3.05, 3.63) is 92.1 Å². The molecule has 0 saturated carbocycles. The number of ether oxygens (including phenoxy) is 2. The molecule has 0 fully saturated rings. The lowest BCUT2D eigenvalue weighted by molar-refractivity contribution is 0.0929. The fraction of sp³-hybridized carbons (Fsp3) is 0.120. The van der Waals surface area contributed by atoms with E-state index in [9.17, 15) is 4.79 Å². The predicted octanol–water partition coefficient (Wildman–Crippen LogP) is 7.24. The lowest BCUT2D eigenvalue weighted by Crippen LogP contribution is -2.16. The Hall–Kier alpha value is -3.00. The average molecular weight is 562 g/mol. The van der Waals surface area contributed by atoms with Gasteiger partial charge in [-0.2, -0.15) is 5.10 Å². The van der Waals surface area contributed by atoms with Crippen LogP contribution in [0.4, 0.5) is 0 Å². The number of rotatable bonds is 8. The van der Waals surface area contributed by atoms with Crippen LogP contribution in [0.25, 0.3) is 11.0 Å². The number of furan rings is 1. The van der Waals surface area contributed by atoms with E-state index in [2.05, 4.69) is 26.5 Å². The fourth-order valence-corrected chi connectivity index (χ4v) is 3.93. The van der Waals surface area contributed by atoms with Crippen molar-refractivity contribution in [3.8, 4) is 11.5 Å².